The first-order valence-corrected chi connectivity index (χ1v) is 6.29. The minimum atomic E-state index is 0.642. The molecule has 0 N–H and O–H groups in total. The molecular weight excluding hydrogens is 282 g/mol. The zero-order chi connectivity index (χ0) is 11.7. The molecule has 3 heterocycles. The lowest BCUT2D eigenvalue weighted by molar-refractivity contribution is 0.340. The van der Waals surface area contributed by atoms with Crippen molar-refractivity contribution in [3.8, 4) is 0 Å². The summed E-state index contributed by atoms with van der Waals surface area (Å²) in [5.74, 6) is 1.61. The van der Waals surface area contributed by atoms with Crippen molar-refractivity contribution in [1.29, 1.82) is 0 Å². The van der Waals surface area contributed by atoms with Gasteiger partial charge >= 0.3 is 0 Å². The van der Waals surface area contributed by atoms with Crippen LogP contribution in [0.1, 0.15) is 0 Å². The van der Waals surface area contributed by atoms with Crippen molar-refractivity contribution in [2.75, 3.05) is 18.0 Å². The van der Waals surface area contributed by atoms with Crippen molar-refractivity contribution in [3.63, 3.8) is 0 Å². The molecule has 2 aromatic heterocycles. The Morgan fingerprint density at radius 1 is 1.29 bits per heavy atom. The number of halogens is 1. The highest BCUT2D eigenvalue weighted by atomic mass is 79.9. The van der Waals surface area contributed by atoms with E-state index in [0.29, 0.717) is 5.92 Å². The number of nitrogens with zero attached hydrogens (tertiary/aromatic N) is 5. The maximum absolute atomic E-state index is 4.28. The van der Waals surface area contributed by atoms with E-state index in [1.807, 2.05) is 17.1 Å². The first-order valence-electron chi connectivity index (χ1n) is 5.50. The van der Waals surface area contributed by atoms with Gasteiger partial charge in [-0.05, 0) is 15.9 Å². The van der Waals surface area contributed by atoms with Crippen LogP contribution in [0.5, 0.6) is 0 Å². The minimum absolute atomic E-state index is 0.642. The van der Waals surface area contributed by atoms with E-state index in [1.54, 1.807) is 18.6 Å². The van der Waals surface area contributed by atoms with E-state index in [1.165, 1.54) is 0 Å². The van der Waals surface area contributed by atoms with Crippen molar-refractivity contribution in [2.24, 2.45) is 5.92 Å². The first kappa shape index (κ1) is 10.7. The van der Waals surface area contributed by atoms with Gasteiger partial charge in [0.15, 0.2) is 0 Å². The first-order chi connectivity index (χ1) is 8.31. The molecule has 0 aromatic carbocycles. The van der Waals surface area contributed by atoms with Gasteiger partial charge in [0, 0.05) is 44.1 Å². The van der Waals surface area contributed by atoms with Gasteiger partial charge in [0.2, 0.25) is 0 Å². The Morgan fingerprint density at radius 3 is 2.82 bits per heavy atom. The SMILES string of the molecule is Brc1cnn(CC2CN(c3cnccn3)C2)c1. The zero-order valence-electron chi connectivity index (χ0n) is 9.20. The average Bonchev–Trinajstić information content (AvgIpc) is 2.70. The number of hydrogen-bond acceptors (Lipinski definition) is 4. The van der Waals surface area contributed by atoms with E-state index in [2.05, 4.69) is 35.9 Å². The number of anilines is 1. The molecule has 0 amide bonds. The second-order valence-corrected chi connectivity index (χ2v) is 5.13. The van der Waals surface area contributed by atoms with Crippen LogP contribution in [0.2, 0.25) is 0 Å². The van der Waals surface area contributed by atoms with Crippen molar-refractivity contribution < 1.29 is 0 Å². The highest BCUT2D eigenvalue weighted by Gasteiger charge is 2.28. The molecular formula is C11H12BrN5. The fourth-order valence-corrected chi connectivity index (χ4v) is 2.36. The fourth-order valence-electron chi connectivity index (χ4n) is 2.03. The molecule has 3 rings (SSSR count). The van der Waals surface area contributed by atoms with Crippen molar-refractivity contribution in [2.45, 2.75) is 6.54 Å². The molecule has 0 bridgehead atoms. The Balaban J connectivity index is 1.55. The summed E-state index contributed by atoms with van der Waals surface area (Å²) in [5.41, 5.74) is 0. The summed E-state index contributed by atoms with van der Waals surface area (Å²) in [7, 11) is 0. The van der Waals surface area contributed by atoms with E-state index in [-0.39, 0.29) is 0 Å². The smallest absolute Gasteiger partial charge is 0.147 e. The zero-order valence-corrected chi connectivity index (χ0v) is 10.8. The Kier molecular flexibility index (Phi) is 2.80. The fraction of sp³-hybridized carbons (Fsp3) is 0.364. The van der Waals surface area contributed by atoms with Crippen LogP contribution in [0.25, 0.3) is 0 Å². The van der Waals surface area contributed by atoms with Crippen LogP contribution in [-0.4, -0.2) is 32.8 Å². The Hall–Kier alpha value is -1.43. The highest BCUT2D eigenvalue weighted by molar-refractivity contribution is 9.10. The van der Waals surface area contributed by atoms with Crippen LogP contribution in [0, 0.1) is 5.92 Å². The summed E-state index contributed by atoms with van der Waals surface area (Å²) in [4.78, 5) is 10.6. The van der Waals surface area contributed by atoms with Crippen molar-refractivity contribution >= 4 is 21.7 Å². The van der Waals surface area contributed by atoms with Gasteiger partial charge in [-0.3, -0.25) is 9.67 Å². The van der Waals surface area contributed by atoms with E-state index in [0.717, 1.165) is 29.9 Å². The van der Waals surface area contributed by atoms with Crippen LogP contribution < -0.4 is 4.90 Å². The molecule has 88 valence electrons. The number of aromatic nitrogens is 4. The number of hydrogen-bond donors (Lipinski definition) is 0. The van der Waals surface area contributed by atoms with Gasteiger partial charge in [0.05, 0.1) is 16.9 Å². The van der Waals surface area contributed by atoms with Gasteiger partial charge in [-0.2, -0.15) is 5.10 Å². The summed E-state index contributed by atoms with van der Waals surface area (Å²) in [5, 5.41) is 4.26. The lowest BCUT2D eigenvalue weighted by Gasteiger charge is -2.39. The summed E-state index contributed by atoms with van der Waals surface area (Å²) in [6, 6.07) is 0. The van der Waals surface area contributed by atoms with Crippen LogP contribution >= 0.6 is 15.9 Å². The van der Waals surface area contributed by atoms with Gasteiger partial charge in [0.25, 0.3) is 0 Å². The van der Waals surface area contributed by atoms with Crippen LogP contribution in [0.4, 0.5) is 5.82 Å². The topological polar surface area (TPSA) is 46.8 Å². The maximum atomic E-state index is 4.28. The largest absolute Gasteiger partial charge is 0.355 e. The molecule has 0 unspecified atom stereocenters. The van der Waals surface area contributed by atoms with Crippen molar-refractivity contribution in [1.82, 2.24) is 19.7 Å². The standard InChI is InChI=1S/C11H12BrN5/c12-10-3-15-17(8-10)7-9-5-16(6-9)11-4-13-1-2-14-11/h1-4,8-9H,5-7H2. The molecule has 0 aliphatic carbocycles. The predicted molar refractivity (Wildman–Crippen MR) is 67.7 cm³/mol. The Labute approximate surface area is 108 Å². The normalized spacial score (nSPS) is 15.9. The van der Waals surface area contributed by atoms with Gasteiger partial charge in [-0.25, -0.2) is 4.98 Å². The predicted octanol–water partition coefficient (Wildman–Crippen LogP) is 1.57. The molecule has 1 fully saturated rings. The number of rotatable bonds is 3. The lowest BCUT2D eigenvalue weighted by Crippen LogP contribution is -2.49. The van der Waals surface area contributed by atoms with Crippen LogP contribution in [0.15, 0.2) is 35.5 Å². The van der Waals surface area contributed by atoms with Gasteiger partial charge in [-0.1, -0.05) is 0 Å². The molecule has 5 nitrogen and oxygen atoms in total. The molecule has 0 atom stereocenters. The highest BCUT2D eigenvalue weighted by Crippen LogP contribution is 2.23. The van der Waals surface area contributed by atoms with Crippen LogP contribution in [-0.2, 0) is 6.54 Å². The van der Waals surface area contributed by atoms with Gasteiger partial charge in [-0.15, -0.1) is 0 Å². The molecule has 0 spiro atoms. The molecule has 2 aromatic rings. The monoisotopic (exact) mass is 293 g/mol. The quantitative estimate of drug-likeness (QED) is 0.862. The minimum Gasteiger partial charge on any atom is -0.355 e. The molecule has 1 aliphatic heterocycles. The van der Waals surface area contributed by atoms with Crippen molar-refractivity contribution in [3.05, 3.63) is 35.5 Å². The second kappa shape index (κ2) is 4.44. The lowest BCUT2D eigenvalue weighted by atomic mass is 10.0. The Bertz CT molecular complexity index is 492. The molecule has 1 aliphatic rings. The summed E-state index contributed by atoms with van der Waals surface area (Å²) < 4.78 is 3.01. The van der Waals surface area contributed by atoms with E-state index >= 15 is 0 Å². The molecule has 6 heteroatoms. The summed E-state index contributed by atoms with van der Waals surface area (Å²) >= 11 is 3.40. The molecule has 1 saturated heterocycles. The van der Waals surface area contributed by atoms with Gasteiger partial charge < -0.3 is 4.90 Å². The molecule has 0 radical (unpaired) electrons. The third-order valence-electron chi connectivity index (χ3n) is 2.88. The molecule has 17 heavy (non-hydrogen) atoms. The third kappa shape index (κ3) is 2.31. The summed E-state index contributed by atoms with van der Waals surface area (Å²) in [6.45, 7) is 3.01. The van der Waals surface area contributed by atoms with E-state index in [9.17, 15) is 0 Å². The Morgan fingerprint density at radius 2 is 2.18 bits per heavy atom. The third-order valence-corrected chi connectivity index (χ3v) is 3.29. The maximum Gasteiger partial charge on any atom is 0.147 e. The summed E-state index contributed by atoms with van der Waals surface area (Å²) in [6.07, 6.45) is 9.06. The van der Waals surface area contributed by atoms with E-state index in [4.69, 9.17) is 0 Å². The van der Waals surface area contributed by atoms with Gasteiger partial charge in [0.1, 0.15) is 5.82 Å². The van der Waals surface area contributed by atoms with Crippen LogP contribution in [0.3, 0.4) is 0 Å². The van der Waals surface area contributed by atoms with E-state index < -0.39 is 0 Å². The second-order valence-electron chi connectivity index (χ2n) is 4.22. The average molecular weight is 294 g/mol. The molecule has 0 saturated carbocycles.